The number of nitrogens with one attached hydrogen (secondary N) is 2. The standard InChI is InChI=1S/C44H34N2S/c1-29-13-17-33(18-14-29)43-39-25-23-37(45-39)35(31-9-5-3-6-10-31)21-22-36(32-11-7-4-8-12-32)38-24-26-40(46-38)44(42-28-27-41(43)47-42)34-19-15-30(2)16-20-34/h3-28,45-46H,1-2H3. The van der Waals surface area contributed by atoms with Gasteiger partial charge in [-0.1, -0.05) is 132 Å². The summed E-state index contributed by atoms with van der Waals surface area (Å²) in [5, 5.41) is 0. The Morgan fingerprint density at radius 2 is 0.723 bits per heavy atom. The molecule has 0 saturated carbocycles. The van der Waals surface area contributed by atoms with Crippen molar-refractivity contribution < 1.29 is 0 Å². The number of aromatic amines is 2. The first-order chi connectivity index (χ1) is 23.1. The van der Waals surface area contributed by atoms with E-state index >= 15 is 0 Å². The van der Waals surface area contributed by atoms with Gasteiger partial charge in [0.05, 0.1) is 0 Å². The van der Waals surface area contributed by atoms with Crippen molar-refractivity contribution >= 4 is 42.8 Å². The number of H-pyrrole nitrogens is 2. The maximum atomic E-state index is 3.85. The predicted molar refractivity (Wildman–Crippen MR) is 203 cm³/mol. The number of rotatable bonds is 4. The van der Waals surface area contributed by atoms with E-state index in [-0.39, 0.29) is 0 Å². The van der Waals surface area contributed by atoms with E-state index in [1.165, 1.54) is 42.8 Å². The van der Waals surface area contributed by atoms with E-state index in [4.69, 9.17) is 0 Å². The number of aromatic nitrogens is 2. The highest BCUT2D eigenvalue weighted by Crippen LogP contribution is 2.39. The van der Waals surface area contributed by atoms with Crippen LogP contribution >= 0.6 is 11.3 Å². The van der Waals surface area contributed by atoms with Crippen LogP contribution in [-0.4, -0.2) is 9.97 Å². The van der Waals surface area contributed by atoms with Gasteiger partial charge in [0.2, 0.25) is 0 Å². The Kier molecular flexibility index (Phi) is 7.53. The quantitative estimate of drug-likeness (QED) is 0.196. The largest absolute Gasteiger partial charge is 0.354 e. The van der Waals surface area contributed by atoms with Gasteiger partial charge >= 0.3 is 0 Å². The molecule has 6 bridgehead atoms. The molecule has 0 aliphatic heterocycles. The minimum Gasteiger partial charge on any atom is -0.354 e. The maximum absolute atomic E-state index is 3.85. The summed E-state index contributed by atoms with van der Waals surface area (Å²) in [5.41, 5.74) is 16.2. The first-order valence-corrected chi connectivity index (χ1v) is 16.8. The maximum Gasteiger partial charge on any atom is 0.0479 e. The van der Waals surface area contributed by atoms with Crippen molar-refractivity contribution in [2.45, 2.75) is 13.8 Å². The number of hydrogen-bond acceptors (Lipinski definition) is 1. The fraction of sp³-hybridized carbons (Fsp3) is 0.0455. The van der Waals surface area contributed by atoms with E-state index in [1.54, 1.807) is 0 Å². The van der Waals surface area contributed by atoms with Crippen molar-refractivity contribution in [2.24, 2.45) is 0 Å². The van der Waals surface area contributed by atoms with E-state index in [9.17, 15) is 0 Å². The minimum atomic E-state index is 1.07. The van der Waals surface area contributed by atoms with Crippen LogP contribution < -0.4 is 0 Å². The molecule has 0 radical (unpaired) electrons. The lowest BCUT2D eigenvalue weighted by Gasteiger charge is -2.04. The molecule has 47 heavy (non-hydrogen) atoms. The van der Waals surface area contributed by atoms with Crippen LogP contribution in [0.1, 0.15) is 11.1 Å². The normalized spacial score (nSPS) is 11.2. The van der Waals surface area contributed by atoms with E-state index in [0.717, 1.165) is 44.3 Å². The summed E-state index contributed by atoms with van der Waals surface area (Å²) in [6.45, 7) is 4.28. The van der Waals surface area contributed by atoms with Crippen LogP contribution in [0.2, 0.25) is 0 Å². The van der Waals surface area contributed by atoms with Gasteiger partial charge in [-0.15, -0.1) is 11.3 Å². The Morgan fingerprint density at radius 3 is 1.13 bits per heavy atom. The van der Waals surface area contributed by atoms with Gasteiger partial charge in [-0.25, -0.2) is 0 Å². The van der Waals surface area contributed by atoms with Crippen molar-refractivity contribution in [3.8, 4) is 44.5 Å². The van der Waals surface area contributed by atoms with Gasteiger partial charge in [-0.2, -0.15) is 0 Å². The van der Waals surface area contributed by atoms with Crippen molar-refractivity contribution in [1.82, 2.24) is 9.97 Å². The molecule has 4 heterocycles. The van der Waals surface area contributed by atoms with E-state index < -0.39 is 0 Å². The molecule has 226 valence electrons. The highest BCUT2D eigenvalue weighted by atomic mass is 32.1. The van der Waals surface area contributed by atoms with Crippen LogP contribution in [0.4, 0.5) is 0 Å². The van der Waals surface area contributed by atoms with Gasteiger partial charge in [0.1, 0.15) is 0 Å². The van der Waals surface area contributed by atoms with Gasteiger partial charge < -0.3 is 9.97 Å². The van der Waals surface area contributed by atoms with Gasteiger partial charge in [-0.3, -0.25) is 0 Å². The predicted octanol–water partition coefficient (Wildman–Crippen LogP) is 12.8. The second kappa shape index (κ2) is 12.3. The molecule has 2 nitrogen and oxygen atoms in total. The van der Waals surface area contributed by atoms with Crippen LogP contribution in [-0.2, 0) is 0 Å². The molecule has 0 atom stereocenters. The highest BCUT2D eigenvalue weighted by molar-refractivity contribution is 7.24. The van der Waals surface area contributed by atoms with E-state index in [2.05, 4.69) is 182 Å². The Balaban J connectivity index is 1.56. The van der Waals surface area contributed by atoms with Gasteiger partial charge in [0.25, 0.3) is 0 Å². The van der Waals surface area contributed by atoms with Gasteiger partial charge in [0.15, 0.2) is 0 Å². The van der Waals surface area contributed by atoms with E-state index in [1.807, 2.05) is 11.3 Å². The summed E-state index contributed by atoms with van der Waals surface area (Å²) in [6, 6.07) is 57.0. The molecule has 0 aliphatic carbocycles. The molecule has 3 heteroatoms. The lowest BCUT2D eigenvalue weighted by Crippen LogP contribution is -1.81. The molecule has 8 rings (SSSR count). The molecule has 0 unspecified atom stereocenters. The minimum absolute atomic E-state index is 1.07. The molecular weight excluding hydrogens is 589 g/mol. The molecule has 4 aromatic carbocycles. The van der Waals surface area contributed by atoms with Crippen molar-refractivity contribution in [1.29, 1.82) is 0 Å². The summed E-state index contributed by atoms with van der Waals surface area (Å²) >= 11 is 1.84. The lowest BCUT2D eigenvalue weighted by atomic mass is 10.0. The van der Waals surface area contributed by atoms with Crippen LogP contribution in [0, 0.1) is 13.8 Å². The SMILES string of the molecule is Cc1ccc(-c2c3ccc([nH]3)c(-c3ccccc3)ccc(-c3ccccc3)c3ccc([nH]3)c(-c3ccc(C)cc3)c3ccc2s3)cc1. The first kappa shape index (κ1) is 28.8. The topological polar surface area (TPSA) is 31.6 Å². The van der Waals surface area contributed by atoms with Crippen LogP contribution in [0.25, 0.3) is 76.0 Å². The number of hydrogen-bond donors (Lipinski definition) is 2. The second-order valence-corrected chi connectivity index (χ2v) is 13.2. The Bertz CT molecular complexity index is 2270. The third-order valence-electron chi connectivity index (χ3n) is 8.86. The zero-order valence-electron chi connectivity index (χ0n) is 26.4. The molecule has 2 N–H and O–H groups in total. The molecule has 0 spiro atoms. The Morgan fingerprint density at radius 1 is 0.340 bits per heavy atom. The van der Waals surface area contributed by atoms with Gasteiger partial charge in [0, 0.05) is 53.7 Å². The van der Waals surface area contributed by atoms with Crippen molar-refractivity contribution in [3.05, 3.63) is 169 Å². The summed E-state index contributed by atoms with van der Waals surface area (Å²) in [6.07, 6.45) is 0. The third kappa shape index (κ3) is 5.67. The Hall–Kier alpha value is -5.64. The van der Waals surface area contributed by atoms with Gasteiger partial charge in [-0.05, 0) is 72.5 Å². The summed E-state index contributed by atoms with van der Waals surface area (Å²) < 4.78 is 2.44. The zero-order valence-corrected chi connectivity index (χ0v) is 27.2. The highest BCUT2D eigenvalue weighted by Gasteiger charge is 2.12. The molecule has 0 saturated heterocycles. The van der Waals surface area contributed by atoms with Crippen molar-refractivity contribution in [2.75, 3.05) is 0 Å². The fourth-order valence-corrected chi connectivity index (χ4v) is 7.56. The smallest absolute Gasteiger partial charge is 0.0479 e. The number of thiophene rings is 1. The summed E-state index contributed by atoms with van der Waals surface area (Å²) in [5.74, 6) is 0. The fourth-order valence-electron chi connectivity index (χ4n) is 6.39. The van der Waals surface area contributed by atoms with Crippen LogP contribution in [0.5, 0.6) is 0 Å². The number of aryl methyl sites for hydroxylation is 2. The third-order valence-corrected chi connectivity index (χ3v) is 9.98. The molecule has 0 aliphatic rings. The average Bonchev–Trinajstić information content (AvgIpc) is 3.89. The number of fused-ring (bicyclic) bond motifs is 6. The van der Waals surface area contributed by atoms with Crippen LogP contribution in [0.3, 0.4) is 0 Å². The van der Waals surface area contributed by atoms with E-state index in [0.29, 0.717) is 0 Å². The molecule has 0 amide bonds. The summed E-state index contributed by atoms with van der Waals surface area (Å²) in [4.78, 5) is 7.71. The Labute approximate surface area is 279 Å². The molecule has 0 fully saturated rings. The molecule has 8 aromatic rings. The van der Waals surface area contributed by atoms with Crippen molar-refractivity contribution in [3.63, 3.8) is 0 Å². The zero-order chi connectivity index (χ0) is 31.7. The average molecular weight is 623 g/mol. The number of benzene rings is 4. The molecule has 4 aromatic heterocycles. The second-order valence-electron chi connectivity index (χ2n) is 12.1. The monoisotopic (exact) mass is 622 g/mol. The first-order valence-electron chi connectivity index (χ1n) is 16.0. The van der Waals surface area contributed by atoms with Crippen LogP contribution in [0.15, 0.2) is 158 Å². The summed E-state index contributed by atoms with van der Waals surface area (Å²) in [7, 11) is 0. The lowest BCUT2D eigenvalue weighted by molar-refractivity contribution is 1.47. The molecular formula is C44H34N2S.